The number of amides is 1. The molecule has 0 aromatic rings. The number of esters is 1. The van der Waals surface area contributed by atoms with Gasteiger partial charge in [0.15, 0.2) is 0 Å². The second-order valence-corrected chi connectivity index (χ2v) is 16.2. The first-order valence-electron chi connectivity index (χ1n) is 23.3. The van der Waals surface area contributed by atoms with E-state index in [9.17, 15) is 19.8 Å². The summed E-state index contributed by atoms with van der Waals surface area (Å²) in [5.74, 6) is -0.459. The molecule has 0 aliphatic heterocycles. The summed E-state index contributed by atoms with van der Waals surface area (Å²) in [6, 6.07) is -0.689. The maximum absolute atomic E-state index is 13.1. The Hall–Kier alpha value is -1.14. The van der Waals surface area contributed by atoms with Crippen molar-refractivity contribution in [2.24, 2.45) is 0 Å². The van der Waals surface area contributed by atoms with E-state index < -0.39 is 18.2 Å². The molecule has 3 N–H and O–H groups in total. The molecule has 1 amide bonds. The minimum absolute atomic E-state index is 0.0868. The Morgan fingerprint density at radius 2 is 0.808 bits per heavy atom. The highest BCUT2D eigenvalue weighted by atomic mass is 16.5. The van der Waals surface area contributed by atoms with Crippen LogP contribution in [0.25, 0.3) is 0 Å². The highest BCUT2D eigenvalue weighted by Crippen LogP contribution is 2.18. The molecule has 0 saturated carbocycles. The van der Waals surface area contributed by atoms with Crippen LogP contribution in [0.5, 0.6) is 0 Å². The van der Waals surface area contributed by atoms with E-state index in [4.69, 9.17) is 4.74 Å². The van der Waals surface area contributed by atoms with Crippen LogP contribution >= 0.6 is 0 Å². The van der Waals surface area contributed by atoms with Crippen LogP contribution in [0.4, 0.5) is 0 Å². The summed E-state index contributed by atoms with van der Waals surface area (Å²) in [6.45, 7) is 6.47. The highest BCUT2D eigenvalue weighted by Gasteiger charge is 2.24. The molecule has 3 unspecified atom stereocenters. The Labute approximate surface area is 324 Å². The van der Waals surface area contributed by atoms with Crippen LogP contribution in [-0.4, -0.2) is 46.9 Å². The first-order valence-corrected chi connectivity index (χ1v) is 23.3. The topological polar surface area (TPSA) is 95.9 Å². The van der Waals surface area contributed by atoms with Gasteiger partial charge < -0.3 is 20.3 Å². The Bertz CT molecular complexity index is 746. The van der Waals surface area contributed by atoms with Crippen molar-refractivity contribution in [2.75, 3.05) is 6.61 Å². The zero-order valence-electron chi connectivity index (χ0n) is 35.2. The van der Waals surface area contributed by atoms with Crippen molar-refractivity contribution < 1.29 is 24.5 Å². The maximum Gasteiger partial charge on any atom is 0.306 e. The first kappa shape index (κ1) is 50.9. The molecule has 0 aromatic heterocycles. The van der Waals surface area contributed by atoms with E-state index in [1.54, 1.807) is 0 Å². The van der Waals surface area contributed by atoms with E-state index in [-0.39, 0.29) is 24.9 Å². The van der Waals surface area contributed by atoms with Gasteiger partial charge in [0.2, 0.25) is 5.91 Å². The molecule has 0 aliphatic rings. The molecule has 3 atom stereocenters. The van der Waals surface area contributed by atoms with Crippen LogP contribution in [0.3, 0.4) is 0 Å². The molecule has 6 nitrogen and oxygen atoms in total. The molecule has 0 fully saturated rings. The summed E-state index contributed by atoms with van der Waals surface area (Å²) in [5.41, 5.74) is 0. The number of aliphatic hydroxyl groups is 2. The number of carbonyl (C=O) groups is 2. The van der Waals surface area contributed by atoms with Gasteiger partial charge in [-0.2, -0.15) is 0 Å². The highest BCUT2D eigenvalue weighted by molar-refractivity contribution is 5.77. The standard InChI is InChI=1S/C46H91NO5/c1-4-7-10-13-16-19-22-23-24-25-28-31-34-37-42(52-46(51)39-36-33-30-27-21-18-15-12-9-6-3)40-45(50)47-43(41-48)44(49)38-35-32-29-26-20-17-14-11-8-5-2/h42-44,48-49H,4-41H2,1-3H3,(H,47,50). The molecule has 6 heteroatoms. The van der Waals surface area contributed by atoms with Crippen LogP contribution in [-0.2, 0) is 14.3 Å². The quantitative estimate of drug-likeness (QED) is 0.0428. The largest absolute Gasteiger partial charge is 0.462 e. The molecule has 0 radical (unpaired) electrons. The molecular weight excluding hydrogens is 647 g/mol. The molecular formula is C46H91NO5. The normalized spacial score (nSPS) is 13.2. The maximum atomic E-state index is 13.1. The van der Waals surface area contributed by atoms with Gasteiger partial charge in [-0.25, -0.2) is 0 Å². The van der Waals surface area contributed by atoms with Gasteiger partial charge >= 0.3 is 5.97 Å². The van der Waals surface area contributed by atoms with Crippen LogP contribution in [0.2, 0.25) is 0 Å². The number of hydrogen-bond acceptors (Lipinski definition) is 5. The van der Waals surface area contributed by atoms with Crippen molar-refractivity contribution in [1.82, 2.24) is 5.32 Å². The summed E-state index contributed by atoms with van der Waals surface area (Å²) >= 11 is 0. The fraction of sp³-hybridized carbons (Fsp3) is 0.957. The third-order valence-electron chi connectivity index (χ3n) is 10.9. The number of nitrogens with one attached hydrogen (secondary N) is 1. The number of rotatable bonds is 42. The first-order chi connectivity index (χ1) is 25.5. The van der Waals surface area contributed by atoms with Gasteiger partial charge in [0.25, 0.3) is 0 Å². The van der Waals surface area contributed by atoms with Gasteiger partial charge in [-0.1, -0.05) is 220 Å². The van der Waals surface area contributed by atoms with Gasteiger partial charge in [0.05, 0.1) is 25.2 Å². The molecule has 0 rings (SSSR count). The van der Waals surface area contributed by atoms with Crippen molar-refractivity contribution in [3.05, 3.63) is 0 Å². The second kappa shape index (κ2) is 41.0. The Morgan fingerprint density at radius 1 is 0.481 bits per heavy atom. The van der Waals surface area contributed by atoms with Crippen LogP contribution in [0.1, 0.15) is 258 Å². The van der Waals surface area contributed by atoms with Gasteiger partial charge in [0, 0.05) is 6.42 Å². The van der Waals surface area contributed by atoms with E-state index in [0.717, 1.165) is 44.9 Å². The number of aliphatic hydroxyl groups excluding tert-OH is 2. The van der Waals surface area contributed by atoms with Gasteiger partial charge in [-0.05, 0) is 25.7 Å². The van der Waals surface area contributed by atoms with E-state index in [0.29, 0.717) is 19.3 Å². The van der Waals surface area contributed by atoms with E-state index >= 15 is 0 Å². The lowest BCUT2D eigenvalue weighted by Gasteiger charge is -2.24. The summed E-state index contributed by atoms with van der Waals surface area (Å²) in [6.07, 6.45) is 41.6. The average molecular weight is 738 g/mol. The van der Waals surface area contributed by atoms with Crippen molar-refractivity contribution in [3.8, 4) is 0 Å². The zero-order chi connectivity index (χ0) is 38.2. The lowest BCUT2D eigenvalue weighted by molar-refractivity contribution is -0.151. The number of carbonyl (C=O) groups excluding carboxylic acids is 2. The summed E-state index contributed by atoms with van der Waals surface area (Å²) in [5, 5.41) is 23.6. The third kappa shape index (κ3) is 35.9. The van der Waals surface area contributed by atoms with Crippen LogP contribution < -0.4 is 5.32 Å². The predicted molar refractivity (Wildman–Crippen MR) is 223 cm³/mol. The number of unbranched alkanes of at least 4 members (excludes halogenated alkanes) is 30. The molecule has 0 aliphatic carbocycles. The van der Waals surface area contributed by atoms with Gasteiger partial charge in [-0.15, -0.1) is 0 Å². The predicted octanol–water partition coefficient (Wildman–Crippen LogP) is 13.2. The molecule has 310 valence electrons. The van der Waals surface area contributed by atoms with Crippen molar-refractivity contribution >= 4 is 11.9 Å². The van der Waals surface area contributed by atoms with E-state index in [1.165, 1.54) is 167 Å². The molecule has 0 bridgehead atoms. The SMILES string of the molecule is CCCCCCCCCCCCCCCC(CC(=O)NC(CO)C(O)CCCCCCCCCCCC)OC(=O)CCCCCCCCCCCC. The Balaban J connectivity index is 4.55. The fourth-order valence-electron chi connectivity index (χ4n) is 7.37. The zero-order valence-corrected chi connectivity index (χ0v) is 35.2. The summed E-state index contributed by atoms with van der Waals surface area (Å²) < 4.78 is 5.90. The lowest BCUT2D eigenvalue weighted by Crippen LogP contribution is -2.46. The van der Waals surface area contributed by atoms with E-state index in [2.05, 4.69) is 26.1 Å². The second-order valence-electron chi connectivity index (χ2n) is 16.2. The number of ether oxygens (including phenoxy) is 1. The minimum Gasteiger partial charge on any atom is -0.462 e. The molecule has 52 heavy (non-hydrogen) atoms. The van der Waals surface area contributed by atoms with Gasteiger partial charge in [0.1, 0.15) is 6.10 Å². The van der Waals surface area contributed by atoms with Crippen LogP contribution in [0.15, 0.2) is 0 Å². The average Bonchev–Trinajstić information content (AvgIpc) is 3.13. The molecule has 0 aromatic carbocycles. The Morgan fingerprint density at radius 3 is 1.17 bits per heavy atom. The van der Waals surface area contributed by atoms with Crippen molar-refractivity contribution in [1.29, 1.82) is 0 Å². The smallest absolute Gasteiger partial charge is 0.306 e. The fourth-order valence-corrected chi connectivity index (χ4v) is 7.37. The number of hydrogen-bond donors (Lipinski definition) is 3. The molecule has 0 heterocycles. The third-order valence-corrected chi connectivity index (χ3v) is 10.9. The monoisotopic (exact) mass is 738 g/mol. The Kier molecular flexibility index (Phi) is 40.1. The van der Waals surface area contributed by atoms with E-state index in [1.807, 2.05) is 0 Å². The summed E-state index contributed by atoms with van der Waals surface area (Å²) in [4.78, 5) is 25.9. The van der Waals surface area contributed by atoms with Gasteiger partial charge in [-0.3, -0.25) is 9.59 Å². The molecule has 0 spiro atoms. The lowest BCUT2D eigenvalue weighted by atomic mass is 10.0. The summed E-state index contributed by atoms with van der Waals surface area (Å²) in [7, 11) is 0. The van der Waals surface area contributed by atoms with Crippen molar-refractivity contribution in [2.45, 2.75) is 277 Å². The minimum atomic E-state index is -0.776. The van der Waals surface area contributed by atoms with Crippen molar-refractivity contribution in [3.63, 3.8) is 0 Å². The molecule has 0 saturated heterocycles. The van der Waals surface area contributed by atoms with Crippen LogP contribution in [0, 0.1) is 0 Å².